The van der Waals surface area contributed by atoms with Crippen LogP contribution in [0.2, 0.25) is 5.02 Å². The van der Waals surface area contributed by atoms with Crippen molar-refractivity contribution in [1.29, 1.82) is 0 Å². The Hall–Kier alpha value is -2.53. The van der Waals surface area contributed by atoms with E-state index in [9.17, 15) is 9.59 Å². The van der Waals surface area contributed by atoms with Crippen molar-refractivity contribution in [1.82, 2.24) is 10.6 Å². The SMILES string of the molecule is O=C(NC1CCCCC1)C(=Cc1ccco1)NC(=O)c1ccc(Cl)cc1. The number of furan rings is 1. The summed E-state index contributed by atoms with van der Waals surface area (Å²) in [6, 6.07) is 10.1. The Morgan fingerprint density at radius 2 is 1.81 bits per heavy atom. The third-order valence-electron chi connectivity index (χ3n) is 4.37. The van der Waals surface area contributed by atoms with Crippen LogP contribution in [0.3, 0.4) is 0 Å². The number of hydrogen-bond acceptors (Lipinski definition) is 3. The first-order chi connectivity index (χ1) is 12.6. The summed E-state index contributed by atoms with van der Waals surface area (Å²) in [6.45, 7) is 0. The van der Waals surface area contributed by atoms with E-state index in [4.69, 9.17) is 16.0 Å². The minimum atomic E-state index is -0.377. The Morgan fingerprint density at radius 3 is 2.46 bits per heavy atom. The van der Waals surface area contributed by atoms with Gasteiger partial charge in [0, 0.05) is 22.7 Å². The molecule has 1 aromatic heterocycles. The molecule has 0 atom stereocenters. The van der Waals surface area contributed by atoms with Crippen molar-refractivity contribution < 1.29 is 14.0 Å². The monoisotopic (exact) mass is 372 g/mol. The van der Waals surface area contributed by atoms with E-state index < -0.39 is 0 Å². The highest BCUT2D eigenvalue weighted by Gasteiger charge is 2.20. The van der Waals surface area contributed by atoms with E-state index in [1.165, 1.54) is 18.8 Å². The zero-order chi connectivity index (χ0) is 18.4. The zero-order valence-electron chi connectivity index (χ0n) is 14.3. The number of carbonyl (C=O) groups excluding carboxylic acids is 2. The highest BCUT2D eigenvalue weighted by molar-refractivity contribution is 6.30. The number of rotatable bonds is 5. The average molecular weight is 373 g/mol. The molecule has 1 saturated carbocycles. The second kappa shape index (κ2) is 8.72. The maximum absolute atomic E-state index is 12.7. The van der Waals surface area contributed by atoms with Crippen molar-refractivity contribution in [2.45, 2.75) is 38.1 Å². The van der Waals surface area contributed by atoms with Gasteiger partial charge in [0.25, 0.3) is 11.8 Å². The van der Waals surface area contributed by atoms with Gasteiger partial charge in [-0.25, -0.2) is 0 Å². The maximum atomic E-state index is 12.7. The highest BCUT2D eigenvalue weighted by Crippen LogP contribution is 2.18. The molecule has 0 aliphatic heterocycles. The number of halogens is 1. The molecule has 2 aromatic rings. The number of hydrogen-bond donors (Lipinski definition) is 2. The van der Waals surface area contributed by atoms with E-state index in [1.807, 2.05) is 0 Å². The number of nitrogens with one attached hydrogen (secondary N) is 2. The number of benzene rings is 1. The maximum Gasteiger partial charge on any atom is 0.268 e. The van der Waals surface area contributed by atoms with Crippen LogP contribution in [0.4, 0.5) is 0 Å². The minimum Gasteiger partial charge on any atom is -0.465 e. The number of amides is 2. The van der Waals surface area contributed by atoms with Crippen LogP contribution in [0.15, 0.2) is 52.8 Å². The molecule has 1 aromatic carbocycles. The zero-order valence-corrected chi connectivity index (χ0v) is 15.1. The van der Waals surface area contributed by atoms with E-state index >= 15 is 0 Å². The van der Waals surface area contributed by atoms with Crippen LogP contribution in [0.25, 0.3) is 6.08 Å². The molecule has 5 nitrogen and oxygen atoms in total. The molecule has 0 bridgehead atoms. The predicted octanol–water partition coefficient (Wildman–Crippen LogP) is 4.15. The summed E-state index contributed by atoms with van der Waals surface area (Å²) in [7, 11) is 0. The normalized spacial score (nSPS) is 15.5. The van der Waals surface area contributed by atoms with Gasteiger partial charge < -0.3 is 15.1 Å². The third-order valence-corrected chi connectivity index (χ3v) is 4.62. The van der Waals surface area contributed by atoms with Crippen molar-refractivity contribution >= 4 is 29.5 Å². The van der Waals surface area contributed by atoms with Crippen LogP contribution in [0.5, 0.6) is 0 Å². The fraction of sp³-hybridized carbons (Fsp3) is 0.300. The quantitative estimate of drug-likeness (QED) is 0.774. The fourth-order valence-electron chi connectivity index (χ4n) is 2.98. The molecule has 0 spiro atoms. The molecule has 6 heteroatoms. The molecule has 0 unspecified atom stereocenters. The van der Waals surface area contributed by atoms with Crippen LogP contribution in [-0.4, -0.2) is 17.9 Å². The summed E-state index contributed by atoms with van der Waals surface area (Å²) in [5.41, 5.74) is 0.579. The number of carbonyl (C=O) groups is 2. The molecule has 136 valence electrons. The summed E-state index contributed by atoms with van der Waals surface area (Å²) in [4.78, 5) is 25.2. The van der Waals surface area contributed by atoms with Crippen LogP contribution >= 0.6 is 11.6 Å². The first-order valence-corrected chi connectivity index (χ1v) is 9.12. The molecular formula is C20H21ClN2O3. The lowest BCUT2D eigenvalue weighted by Gasteiger charge is -2.23. The summed E-state index contributed by atoms with van der Waals surface area (Å²) in [6.07, 6.45) is 8.40. The molecular weight excluding hydrogens is 352 g/mol. The average Bonchev–Trinajstić information content (AvgIpc) is 3.15. The summed E-state index contributed by atoms with van der Waals surface area (Å²) >= 11 is 5.86. The first kappa shape index (κ1) is 18.3. The molecule has 2 amide bonds. The van der Waals surface area contributed by atoms with Crippen molar-refractivity contribution in [2.75, 3.05) is 0 Å². The molecule has 0 saturated heterocycles. The largest absolute Gasteiger partial charge is 0.465 e. The summed E-state index contributed by atoms with van der Waals surface area (Å²) in [5, 5.41) is 6.24. The van der Waals surface area contributed by atoms with E-state index in [0.717, 1.165) is 25.7 Å². The molecule has 3 rings (SSSR count). The van der Waals surface area contributed by atoms with Crippen LogP contribution in [-0.2, 0) is 4.79 Å². The molecule has 1 aliphatic carbocycles. The van der Waals surface area contributed by atoms with Gasteiger partial charge in [0.05, 0.1) is 6.26 Å². The topological polar surface area (TPSA) is 71.3 Å². The van der Waals surface area contributed by atoms with E-state index in [0.29, 0.717) is 16.3 Å². The van der Waals surface area contributed by atoms with Gasteiger partial charge in [0.1, 0.15) is 11.5 Å². The van der Waals surface area contributed by atoms with Gasteiger partial charge in [-0.05, 0) is 49.2 Å². The van der Waals surface area contributed by atoms with Gasteiger partial charge in [-0.3, -0.25) is 9.59 Å². The predicted molar refractivity (Wildman–Crippen MR) is 101 cm³/mol. The summed E-state index contributed by atoms with van der Waals surface area (Å²) < 4.78 is 5.28. The fourth-order valence-corrected chi connectivity index (χ4v) is 3.11. The van der Waals surface area contributed by atoms with Crippen LogP contribution in [0.1, 0.15) is 48.2 Å². The van der Waals surface area contributed by atoms with Gasteiger partial charge in [-0.15, -0.1) is 0 Å². The first-order valence-electron chi connectivity index (χ1n) is 8.75. The van der Waals surface area contributed by atoms with Crippen LogP contribution in [0, 0.1) is 0 Å². The van der Waals surface area contributed by atoms with Crippen molar-refractivity contribution in [3.63, 3.8) is 0 Å². The van der Waals surface area contributed by atoms with Crippen molar-refractivity contribution in [3.8, 4) is 0 Å². The van der Waals surface area contributed by atoms with Gasteiger partial charge in [0.2, 0.25) is 0 Å². The standard InChI is InChI=1S/C20H21ClN2O3/c21-15-10-8-14(9-11-15)19(24)23-18(13-17-7-4-12-26-17)20(25)22-16-5-2-1-3-6-16/h4,7-13,16H,1-3,5-6H2,(H,22,25)(H,23,24). The van der Waals surface area contributed by atoms with Gasteiger partial charge in [-0.1, -0.05) is 30.9 Å². The van der Waals surface area contributed by atoms with Crippen LogP contribution < -0.4 is 10.6 Å². The van der Waals surface area contributed by atoms with Crippen molar-refractivity contribution in [2.24, 2.45) is 0 Å². The van der Waals surface area contributed by atoms with Crippen molar-refractivity contribution in [3.05, 3.63) is 64.7 Å². The highest BCUT2D eigenvalue weighted by atomic mass is 35.5. The molecule has 2 N–H and O–H groups in total. The lowest BCUT2D eigenvalue weighted by atomic mass is 9.95. The Balaban J connectivity index is 1.75. The molecule has 1 fully saturated rings. The molecule has 0 radical (unpaired) electrons. The van der Waals surface area contributed by atoms with E-state index in [2.05, 4.69) is 10.6 Å². The Morgan fingerprint density at radius 1 is 1.08 bits per heavy atom. The smallest absolute Gasteiger partial charge is 0.268 e. The second-order valence-corrected chi connectivity index (χ2v) is 6.78. The van der Waals surface area contributed by atoms with Gasteiger partial charge in [-0.2, -0.15) is 0 Å². The Kier molecular flexibility index (Phi) is 6.12. The van der Waals surface area contributed by atoms with E-state index in [-0.39, 0.29) is 23.6 Å². The molecule has 26 heavy (non-hydrogen) atoms. The molecule has 1 aliphatic rings. The summed E-state index contributed by atoms with van der Waals surface area (Å²) in [5.74, 6) is -0.191. The third kappa shape index (κ3) is 4.99. The lowest BCUT2D eigenvalue weighted by molar-refractivity contribution is -0.118. The Labute approximate surface area is 157 Å². The molecule has 1 heterocycles. The Bertz CT molecular complexity index is 776. The minimum absolute atomic E-state index is 0.142. The van der Waals surface area contributed by atoms with Gasteiger partial charge in [0.15, 0.2) is 0 Å². The lowest BCUT2D eigenvalue weighted by Crippen LogP contribution is -2.41. The van der Waals surface area contributed by atoms with E-state index in [1.54, 1.807) is 36.4 Å². The van der Waals surface area contributed by atoms with Gasteiger partial charge >= 0.3 is 0 Å². The second-order valence-electron chi connectivity index (χ2n) is 6.34.